The van der Waals surface area contributed by atoms with Gasteiger partial charge in [0.15, 0.2) is 0 Å². The van der Waals surface area contributed by atoms with E-state index in [-0.39, 0.29) is 0 Å². The van der Waals surface area contributed by atoms with Gasteiger partial charge in [-0.2, -0.15) is 0 Å². The number of hydrogen-bond donors (Lipinski definition) is 1. The van der Waals surface area contributed by atoms with E-state index in [1.165, 1.54) is 5.56 Å². The summed E-state index contributed by atoms with van der Waals surface area (Å²) in [6, 6.07) is 10.2. The van der Waals surface area contributed by atoms with Gasteiger partial charge in [-0.25, -0.2) is 9.97 Å². The van der Waals surface area contributed by atoms with Gasteiger partial charge in [0.2, 0.25) is 0 Å². The standard InChI is InChI=1S/C16H22N4/c1-5-20(6-2)16-11-15(17-13(4)18-16)19-14-10-8-7-9-12(14)3/h7-11H,5-6H2,1-4H3,(H,17,18,19). The highest BCUT2D eigenvalue weighted by Crippen LogP contribution is 2.21. The summed E-state index contributed by atoms with van der Waals surface area (Å²) in [6.45, 7) is 10.2. The van der Waals surface area contributed by atoms with Gasteiger partial charge < -0.3 is 10.2 Å². The van der Waals surface area contributed by atoms with Gasteiger partial charge in [0.05, 0.1) is 0 Å². The van der Waals surface area contributed by atoms with E-state index in [2.05, 4.69) is 53.1 Å². The molecule has 2 aromatic rings. The summed E-state index contributed by atoms with van der Waals surface area (Å²) in [5.41, 5.74) is 2.28. The Kier molecular flexibility index (Phi) is 4.56. The molecule has 0 saturated carbocycles. The molecule has 4 nitrogen and oxygen atoms in total. The lowest BCUT2D eigenvalue weighted by Crippen LogP contribution is -2.23. The molecule has 0 bridgehead atoms. The number of benzene rings is 1. The summed E-state index contributed by atoms with van der Waals surface area (Å²) in [6.07, 6.45) is 0. The van der Waals surface area contributed by atoms with E-state index in [1.54, 1.807) is 0 Å². The zero-order valence-corrected chi connectivity index (χ0v) is 12.6. The lowest BCUT2D eigenvalue weighted by molar-refractivity contribution is 0.835. The molecular formula is C16H22N4. The summed E-state index contributed by atoms with van der Waals surface area (Å²) < 4.78 is 0. The lowest BCUT2D eigenvalue weighted by Gasteiger charge is -2.21. The highest BCUT2D eigenvalue weighted by molar-refractivity contribution is 5.62. The Labute approximate surface area is 120 Å². The predicted molar refractivity (Wildman–Crippen MR) is 84.8 cm³/mol. The van der Waals surface area contributed by atoms with Crippen LogP contribution in [0.4, 0.5) is 17.3 Å². The first-order valence-corrected chi connectivity index (χ1v) is 7.07. The van der Waals surface area contributed by atoms with Crippen LogP contribution >= 0.6 is 0 Å². The maximum atomic E-state index is 4.51. The molecule has 1 N–H and O–H groups in total. The quantitative estimate of drug-likeness (QED) is 0.899. The van der Waals surface area contributed by atoms with Crippen molar-refractivity contribution in [3.05, 3.63) is 41.7 Å². The van der Waals surface area contributed by atoms with Gasteiger partial charge in [-0.3, -0.25) is 0 Å². The molecule has 1 aromatic carbocycles. The number of aryl methyl sites for hydroxylation is 2. The minimum atomic E-state index is 0.783. The number of nitrogens with one attached hydrogen (secondary N) is 1. The molecule has 4 heteroatoms. The van der Waals surface area contributed by atoms with Gasteiger partial charge in [0.25, 0.3) is 0 Å². The highest BCUT2D eigenvalue weighted by Gasteiger charge is 2.08. The molecule has 1 aromatic heterocycles. The van der Waals surface area contributed by atoms with Gasteiger partial charge in [-0.15, -0.1) is 0 Å². The molecule has 1 heterocycles. The van der Waals surface area contributed by atoms with E-state index in [4.69, 9.17) is 0 Å². The van der Waals surface area contributed by atoms with E-state index in [1.807, 2.05) is 25.1 Å². The van der Waals surface area contributed by atoms with Gasteiger partial charge in [0.1, 0.15) is 17.5 Å². The third kappa shape index (κ3) is 3.26. The fourth-order valence-corrected chi connectivity index (χ4v) is 2.18. The van der Waals surface area contributed by atoms with Crippen LogP contribution in [0.3, 0.4) is 0 Å². The van der Waals surface area contributed by atoms with Crippen molar-refractivity contribution in [1.82, 2.24) is 9.97 Å². The molecule has 106 valence electrons. The van der Waals surface area contributed by atoms with Crippen LogP contribution < -0.4 is 10.2 Å². The number of rotatable bonds is 5. The van der Waals surface area contributed by atoms with Crippen molar-refractivity contribution < 1.29 is 0 Å². The van der Waals surface area contributed by atoms with Crippen LogP contribution in [-0.4, -0.2) is 23.1 Å². The van der Waals surface area contributed by atoms with Crippen LogP contribution in [0.1, 0.15) is 25.2 Å². The zero-order chi connectivity index (χ0) is 14.5. The summed E-state index contributed by atoms with van der Waals surface area (Å²) in [5, 5.41) is 3.38. The second-order valence-corrected chi connectivity index (χ2v) is 4.77. The van der Waals surface area contributed by atoms with Crippen molar-refractivity contribution in [2.75, 3.05) is 23.3 Å². The molecule has 2 rings (SSSR count). The van der Waals surface area contributed by atoms with Gasteiger partial charge in [0, 0.05) is 24.8 Å². The van der Waals surface area contributed by atoms with Crippen LogP contribution in [0.25, 0.3) is 0 Å². The predicted octanol–water partition coefficient (Wildman–Crippen LogP) is 3.68. The van der Waals surface area contributed by atoms with Crippen molar-refractivity contribution >= 4 is 17.3 Å². The number of para-hydroxylation sites is 1. The SMILES string of the molecule is CCN(CC)c1cc(Nc2ccccc2C)nc(C)n1. The number of nitrogens with zero attached hydrogens (tertiary/aromatic N) is 3. The third-order valence-electron chi connectivity index (χ3n) is 3.32. The Morgan fingerprint density at radius 2 is 1.75 bits per heavy atom. The van der Waals surface area contributed by atoms with Crippen LogP contribution in [0.2, 0.25) is 0 Å². The highest BCUT2D eigenvalue weighted by atomic mass is 15.2. The maximum Gasteiger partial charge on any atom is 0.136 e. The van der Waals surface area contributed by atoms with Crippen molar-refractivity contribution in [2.45, 2.75) is 27.7 Å². The summed E-state index contributed by atoms with van der Waals surface area (Å²) >= 11 is 0. The smallest absolute Gasteiger partial charge is 0.136 e. The number of anilines is 3. The average Bonchev–Trinajstić information content (AvgIpc) is 2.42. The fraction of sp³-hybridized carbons (Fsp3) is 0.375. The summed E-state index contributed by atoms with van der Waals surface area (Å²) in [4.78, 5) is 11.2. The Balaban J connectivity index is 2.31. The molecule has 20 heavy (non-hydrogen) atoms. The van der Waals surface area contributed by atoms with Gasteiger partial charge in [-0.05, 0) is 39.3 Å². The van der Waals surface area contributed by atoms with Crippen molar-refractivity contribution in [2.24, 2.45) is 0 Å². The van der Waals surface area contributed by atoms with Crippen LogP contribution in [-0.2, 0) is 0 Å². The third-order valence-corrected chi connectivity index (χ3v) is 3.32. The van der Waals surface area contributed by atoms with Gasteiger partial charge in [-0.1, -0.05) is 18.2 Å². The second kappa shape index (κ2) is 6.37. The molecular weight excluding hydrogens is 248 g/mol. The first kappa shape index (κ1) is 14.3. The summed E-state index contributed by atoms with van der Waals surface area (Å²) in [5.74, 6) is 2.60. The first-order valence-electron chi connectivity index (χ1n) is 7.07. The Morgan fingerprint density at radius 3 is 2.40 bits per heavy atom. The maximum absolute atomic E-state index is 4.51. The second-order valence-electron chi connectivity index (χ2n) is 4.77. The molecule has 0 aliphatic carbocycles. The van der Waals surface area contributed by atoms with E-state index in [9.17, 15) is 0 Å². The topological polar surface area (TPSA) is 41.0 Å². The Bertz CT molecular complexity index is 576. The summed E-state index contributed by atoms with van der Waals surface area (Å²) in [7, 11) is 0. The number of hydrogen-bond acceptors (Lipinski definition) is 4. The minimum Gasteiger partial charge on any atom is -0.357 e. The molecule has 0 saturated heterocycles. The van der Waals surface area contributed by atoms with Crippen LogP contribution in [0.5, 0.6) is 0 Å². The molecule has 0 spiro atoms. The van der Waals surface area contributed by atoms with E-state index >= 15 is 0 Å². The lowest BCUT2D eigenvalue weighted by atomic mass is 10.2. The van der Waals surface area contributed by atoms with E-state index in [0.717, 1.165) is 36.2 Å². The van der Waals surface area contributed by atoms with Gasteiger partial charge >= 0.3 is 0 Å². The molecule has 0 fully saturated rings. The largest absolute Gasteiger partial charge is 0.357 e. The fourth-order valence-electron chi connectivity index (χ4n) is 2.18. The van der Waals surface area contributed by atoms with E-state index in [0.29, 0.717) is 0 Å². The van der Waals surface area contributed by atoms with Crippen molar-refractivity contribution in [1.29, 1.82) is 0 Å². The minimum absolute atomic E-state index is 0.783. The average molecular weight is 270 g/mol. The molecule has 0 aliphatic heterocycles. The first-order chi connectivity index (χ1) is 9.63. The van der Waals surface area contributed by atoms with Crippen LogP contribution in [0.15, 0.2) is 30.3 Å². The van der Waals surface area contributed by atoms with Crippen molar-refractivity contribution in [3.8, 4) is 0 Å². The monoisotopic (exact) mass is 270 g/mol. The molecule has 0 radical (unpaired) electrons. The van der Waals surface area contributed by atoms with Crippen molar-refractivity contribution in [3.63, 3.8) is 0 Å². The Hall–Kier alpha value is -2.10. The normalized spacial score (nSPS) is 10.4. The molecule has 0 amide bonds. The molecule has 0 unspecified atom stereocenters. The molecule has 0 atom stereocenters. The number of aromatic nitrogens is 2. The Morgan fingerprint density at radius 1 is 1.05 bits per heavy atom. The van der Waals surface area contributed by atoms with E-state index < -0.39 is 0 Å². The zero-order valence-electron chi connectivity index (χ0n) is 12.6. The molecule has 0 aliphatic rings. The van der Waals surface area contributed by atoms with Crippen LogP contribution in [0, 0.1) is 13.8 Å².